The van der Waals surface area contributed by atoms with E-state index in [9.17, 15) is 0 Å². The van der Waals surface area contributed by atoms with Crippen LogP contribution in [-0.2, 0) is 0 Å². The molecule has 0 atom stereocenters. The molecule has 0 spiro atoms. The summed E-state index contributed by atoms with van der Waals surface area (Å²) in [5.41, 5.74) is 2.41. The molecular weight excluding hydrogens is 172 g/mol. The molecule has 0 N–H and O–H groups in total. The SMILES string of the molecule is C[N-]c1ccc(N2CCCCC2)cc1. The monoisotopic (exact) mass is 189 g/mol. The van der Waals surface area contributed by atoms with Crippen LogP contribution < -0.4 is 4.90 Å². The molecule has 2 rings (SSSR count). The topological polar surface area (TPSA) is 17.3 Å². The average molecular weight is 189 g/mol. The molecule has 1 aliphatic heterocycles. The van der Waals surface area contributed by atoms with Gasteiger partial charge in [0.05, 0.1) is 0 Å². The summed E-state index contributed by atoms with van der Waals surface area (Å²) in [7, 11) is 1.83. The fourth-order valence-electron chi connectivity index (χ4n) is 1.96. The Hall–Kier alpha value is -1.18. The summed E-state index contributed by atoms with van der Waals surface area (Å²) in [5.74, 6) is 0. The molecule has 1 heterocycles. The second-order valence-corrected chi connectivity index (χ2v) is 3.79. The van der Waals surface area contributed by atoms with E-state index < -0.39 is 0 Å². The van der Waals surface area contributed by atoms with Gasteiger partial charge in [-0.2, -0.15) is 0 Å². The lowest BCUT2D eigenvalue weighted by Gasteiger charge is -2.29. The van der Waals surface area contributed by atoms with Crippen LogP contribution in [-0.4, -0.2) is 20.1 Å². The van der Waals surface area contributed by atoms with Crippen LogP contribution >= 0.6 is 0 Å². The van der Waals surface area contributed by atoms with Crippen LogP contribution in [0.3, 0.4) is 0 Å². The zero-order valence-corrected chi connectivity index (χ0v) is 8.74. The average Bonchev–Trinajstić information content (AvgIpc) is 2.30. The standard InChI is InChI=1S/C12H17N2/c1-13-11-5-7-12(8-6-11)14-9-3-2-4-10-14/h5-8H,2-4,9-10H2,1H3/q-1. The number of nitrogens with zero attached hydrogens (tertiary/aromatic N) is 2. The molecule has 0 aliphatic carbocycles. The number of hydrogen-bond donors (Lipinski definition) is 0. The Kier molecular flexibility index (Phi) is 2.92. The van der Waals surface area contributed by atoms with Crippen molar-refractivity contribution in [3.63, 3.8) is 0 Å². The lowest BCUT2D eigenvalue weighted by molar-refractivity contribution is 0.578. The van der Waals surface area contributed by atoms with Gasteiger partial charge < -0.3 is 10.2 Å². The summed E-state index contributed by atoms with van der Waals surface area (Å²) >= 11 is 0. The van der Waals surface area contributed by atoms with Crippen molar-refractivity contribution in [1.29, 1.82) is 0 Å². The lowest BCUT2D eigenvalue weighted by Crippen LogP contribution is -2.29. The summed E-state index contributed by atoms with van der Waals surface area (Å²) in [4.78, 5) is 2.46. The lowest BCUT2D eigenvalue weighted by atomic mass is 10.1. The summed E-state index contributed by atoms with van der Waals surface area (Å²) < 4.78 is 0. The first-order valence-electron chi connectivity index (χ1n) is 5.35. The summed E-state index contributed by atoms with van der Waals surface area (Å²) in [6, 6.07) is 8.52. The van der Waals surface area contributed by atoms with Crippen molar-refractivity contribution >= 4 is 11.4 Å². The molecule has 1 aliphatic rings. The maximum Gasteiger partial charge on any atom is 0.0365 e. The van der Waals surface area contributed by atoms with Crippen molar-refractivity contribution in [2.75, 3.05) is 25.0 Å². The second-order valence-electron chi connectivity index (χ2n) is 3.79. The van der Waals surface area contributed by atoms with Gasteiger partial charge in [0.2, 0.25) is 0 Å². The van der Waals surface area contributed by atoms with Crippen LogP contribution in [0.4, 0.5) is 11.4 Å². The molecule has 2 heteroatoms. The van der Waals surface area contributed by atoms with E-state index in [1.54, 1.807) is 0 Å². The molecule has 0 radical (unpaired) electrons. The molecule has 1 fully saturated rings. The van der Waals surface area contributed by atoms with Gasteiger partial charge >= 0.3 is 0 Å². The second kappa shape index (κ2) is 4.36. The highest BCUT2D eigenvalue weighted by molar-refractivity contribution is 5.57. The third-order valence-electron chi connectivity index (χ3n) is 2.83. The summed E-state index contributed by atoms with van der Waals surface area (Å²) in [5, 5.41) is 4.14. The van der Waals surface area contributed by atoms with Crippen molar-refractivity contribution in [2.24, 2.45) is 0 Å². The molecule has 76 valence electrons. The minimum atomic E-state index is 1.06. The zero-order valence-electron chi connectivity index (χ0n) is 8.74. The molecule has 0 saturated carbocycles. The highest BCUT2D eigenvalue weighted by atomic mass is 15.1. The van der Waals surface area contributed by atoms with E-state index in [2.05, 4.69) is 34.5 Å². The van der Waals surface area contributed by atoms with Gasteiger partial charge in [0, 0.05) is 18.8 Å². The van der Waals surface area contributed by atoms with Gasteiger partial charge in [-0.25, -0.2) is 0 Å². The van der Waals surface area contributed by atoms with Crippen molar-refractivity contribution < 1.29 is 0 Å². The van der Waals surface area contributed by atoms with Gasteiger partial charge in [-0.3, -0.25) is 0 Å². The Bertz CT molecular complexity index is 273. The largest absolute Gasteiger partial charge is 0.687 e. The maximum absolute atomic E-state index is 4.14. The van der Waals surface area contributed by atoms with E-state index in [1.807, 2.05) is 7.05 Å². The fourth-order valence-corrected chi connectivity index (χ4v) is 1.96. The molecule has 0 unspecified atom stereocenters. The first-order chi connectivity index (χ1) is 6.90. The number of piperidine rings is 1. The molecule has 14 heavy (non-hydrogen) atoms. The van der Waals surface area contributed by atoms with Crippen molar-refractivity contribution in [3.8, 4) is 0 Å². The number of benzene rings is 1. The third kappa shape index (κ3) is 2.00. The Balaban J connectivity index is 2.07. The van der Waals surface area contributed by atoms with E-state index in [1.165, 1.54) is 38.0 Å². The predicted octanol–water partition coefficient (Wildman–Crippen LogP) is 3.31. The maximum atomic E-state index is 4.14. The van der Waals surface area contributed by atoms with E-state index in [0.29, 0.717) is 0 Å². The molecule has 0 amide bonds. The number of anilines is 1. The molecule has 0 aromatic heterocycles. The van der Waals surface area contributed by atoms with Gasteiger partial charge in [0.25, 0.3) is 0 Å². The van der Waals surface area contributed by atoms with Gasteiger partial charge in [0.15, 0.2) is 0 Å². The van der Waals surface area contributed by atoms with Crippen LogP contribution in [0.5, 0.6) is 0 Å². The first-order valence-corrected chi connectivity index (χ1v) is 5.35. The zero-order chi connectivity index (χ0) is 9.80. The van der Waals surface area contributed by atoms with E-state index in [4.69, 9.17) is 0 Å². The molecule has 1 aromatic carbocycles. The number of hydrogen-bond acceptors (Lipinski definition) is 1. The predicted molar refractivity (Wildman–Crippen MR) is 61.4 cm³/mol. The van der Waals surface area contributed by atoms with Gasteiger partial charge in [0.1, 0.15) is 0 Å². The summed E-state index contributed by atoms with van der Waals surface area (Å²) in [6.07, 6.45) is 4.05. The Morgan fingerprint density at radius 1 is 1.00 bits per heavy atom. The minimum absolute atomic E-state index is 1.06. The highest BCUT2D eigenvalue weighted by Gasteiger charge is 2.09. The normalized spacial score (nSPS) is 16.8. The smallest absolute Gasteiger partial charge is 0.0365 e. The Morgan fingerprint density at radius 2 is 1.64 bits per heavy atom. The quantitative estimate of drug-likeness (QED) is 0.697. The Labute approximate surface area is 85.9 Å². The molecule has 1 aromatic rings. The van der Waals surface area contributed by atoms with E-state index >= 15 is 0 Å². The fraction of sp³-hybridized carbons (Fsp3) is 0.500. The van der Waals surface area contributed by atoms with E-state index in [0.717, 1.165) is 5.69 Å². The van der Waals surface area contributed by atoms with Gasteiger partial charge in [-0.15, -0.1) is 12.7 Å². The summed E-state index contributed by atoms with van der Waals surface area (Å²) in [6.45, 7) is 2.42. The van der Waals surface area contributed by atoms with Crippen LogP contribution in [0.25, 0.3) is 5.32 Å². The van der Waals surface area contributed by atoms with Crippen LogP contribution in [0.2, 0.25) is 0 Å². The Morgan fingerprint density at radius 3 is 2.21 bits per heavy atom. The minimum Gasteiger partial charge on any atom is -0.687 e. The highest BCUT2D eigenvalue weighted by Crippen LogP contribution is 2.23. The van der Waals surface area contributed by atoms with E-state index in [-0.39, 0.29) is 0 Å². The molecule has 0 bridgehead atoms. The molecule has 1 saturated heterocycles. The first kappa shape index (κ1) is 9.38. The van der Waals surface area contributed by atoms with Crippen LogP contribution in [0, 0.1) is 0 Å². The van der Waals surface area contributed by atoms with Crippen LogP contribution in [0.1, 0.15) is 19.3 Å². The van der Waals surface area contributed by atoms with Crippen molar-refractivity contribution in [1.82, 2.24) is 0 Å². The van der Waals surface area contributed by atoms with Gasteiger partial charge in [-0.05, 0) is 31.4 Å². The van der Waals surface area contributed by atoms with Gasteiger partial charge in [-0.1, -0.05) is 12.1 Å². The molecule has 2 nitrogen and oxygen atoms in total. The van der Waals surface area contributed by atoms with Crippen molar-refractivity contribution in [2.45, 2.75) is 19.3 Å². The third-order valence-corrected chi connectivity index (χ3v) is 2.83. The van der Waals surface area contributed by atoms with Crippen LogP contribution in [0.15, 0.2) is 24.3 Å². The molecular formula is C12H17N2-. The number of rotatable bonds is 2. The van der Waals surface area contributed by atoms with Crippen molar-refractivity contribution in [3.05, 3.63) is 29.6 Å².